The molecule has 0 spiro atoms. The SMILES string of the molecule is C#CC1CCSCC1C(C)C.CC(C)CCOCCOCCOCCC(=O)OC(C)(C)C. The van der Waals surface area contributed by atoms with E-state index in [2.05, 4.69) is 45.4 Å². The van der Waals surface area contributed by atoms with Gasteiger partial charge in [-0.3, -0.25) is 4.79 Å². The quantitative estimate of drug-likeness (QED) is 0.202. The summed E-state index contributed by atoms with van der Waals surface area (Å²) in [6.07, 6.45) is 8.05. The van der Waals surface area contributed by atoms with Crippen molar-refractivity contribution >= 4 is 17.7 Å². The number of hydrogen-bond donors (Lipinski definition) is 0. The van der Waals surface area contributed by atoms with E-state index in [1.165, 1.54) is 17.9 Å². The number of carbonyl (C=O) groups is 1. The first-order chi connectivity index (χ1) is 15.1. The van der Waals surface area contributed by atoms with Crippen LogP contribution >= 0.6 is 11.8 Å². The molecule has 1 fully saturated rings. The zero-order valence-electron chi connectivity index (χ0n) is 21.6. The lowest BCUT2D eigenvalue weighted by Crippen LogP contribution is -2.25. The minimum atomic E-state index is -0.435. The molecular formula is C26H48O5S. The van der Waals surface area contributed by atoms with Crippen LogP contribution in [0.15, 0.2) is 0 Å². The number of terminal acetylenes is 1. The molecule has 0 aromatic heterocycles. The van der Waals surface area contributed by atoms with Crippen molar-refractivity contribution in [1.82, 2.24) is 0 Å². The van der Waals surface area contributed by atoms with Gasteiger partial charge in [-0.15, -0.1) is 12.3 Å². The molecule has 5 nitrogen and oxygen atoms in total. The molecule has 0 N–H and O–H groups in total. The lowest BCUT2D eigenvalue weighted by molar-refractivity contribution is -0.156. The molecule has 1 saturated heterocycles. The maximum absolute atomic E-state index is 11.4. The van der Waals surface area contributed by atoms with Crippen molar-refractivity contribution in [1.29, 1.82) is 0 Å². The van der Waals surface area contributed by atoms with E-state index in [-0.39, 0.29) is 12.4 Å². The fourth-order valence-corrected chi connectivity index (χ4v) is 4.51. The zero-order valence-corrected chi connectivity index (χ0v) is 22.4. The molecule has 1 heterocycles. The Balaban J connectivity index is 0.000000726. The minimum absolute atomic E-state index is 0.234. The predicted octanol–water partition coefficient (Wildman–Crippen LogP) is 5.46. The van der Waals surface area contributed by atoms with Crippen molar-refractivity contribution in [2.45, 2.75) is 73.3 Å². The van der Waals surface area contributed by atoms with Crippen LogP contribution in [0.1, 0.15) is 67.7 Å². The van der Waals surface area contributed by atoms with Gasteiger partial charge in [-0.2, -0.15) is 11.8 Å². The van der Waals surface area contributed by atoms with E-state index in [0.29, 0.717) is 44.9 Å². The third-order valence-corrected chi connectivity index (χ3v) is 6.07. The highest BCUT2D eigenvalue weighted by Crippen LogP contribution is 2.32. The lowest BCUT2D eigenvalue weighted by atomic mass is 9.83. The topological polar surface area (TPSA) is 54.0 Å². The summed E-state index contributed by atoms with van der Waals surface area (Å²) in [6, 6.07) is 0. The molecule has 0 aliphatic carbocycles. The molecule has 0 saturated carbocycles. The van der Waals surface area contributed by atoms with Crippen LogP contribution in [0.25, 0.3) is 0 Å². The lowest BCUT2D eigenvalue weighted by Gasteiger charge is -2.30. The molecule has 0 aromatic carbocycles. The smallest absolute Gasteiger partial charge is 0.308 e. The van der Waals surface area contributed by atoms with Crippen molar-refractivity contribution in [3.8, 4) is 12.3 Å². The Morgan fingerprint density at radius 1 is 1.00 bits per heavy atom. The molecule has 0 aromatic rings. The summed E-state index contributed by atoms with van der Waals surface area (Å²) < 4.78 is 21.3. The normalized spacial score (nSPS) is 18.8. The van der Waals surface area contributed by atoms with E-state index in [1.807, 2.05) is 20.8 Å². The van der Waals surface area contributed by atoms with Crippen molar-refractivity contribution in [2.24, 2.45) is 23.7 Å². The maximum atomic E-state index is 11.4. The van der Waals surface area contributed by atoms with Crippen molar-refractivity contribution in [2.75, 3.05) is 51.1 Å². The van der Waals surface area contributed by atoms with E-state index in [4.69, 9.17) is 25.4 Å². The molecule has 6 heteroatoms. The fraction of sp³-hybridized carbons (Fsp3) is 0.885. The highest BCUT2D eigenvalue weighted by atomic mass is 32.2. The Hall–Kier alpha value is -0.740. The van der Waals surface area contributed by atoms with Gasteiger partial charge in [0.1, 0.15) is 5.60 Å². The second-order valence-corrected chi connectivity index (χ2v) is 11.1. The molecule has 32 heavy (non-hydrogen) atoms. The average Bonchev–Trinajstić information content (AvgIpc) is 2.70. The van der Waals surface area contributed by atoms with Gasteiger partial charge in [0, 0.05) is 12.5 Å². The van der Waals surface area contributed by atoms with Gasteiger partial charge in [0.05, 0.1) is 39.5 Å². The van der Waals surface area contributed by atoms with Gasteiger partial charge in [-0.05, 0) is 62.9 Å². The van der Waals surface area contributed by atoms with Crippen LogP contribution in [0.2, 0.25) is 0 Å². The van der Waals surface area contributed by atoms with Gasteiger partial charge in [-0.25, -0.2) is 0 Å². The molecular weight excluding hydrogens is 424 g/mol. The van der Waals surface area contributed by atoms with Crippen LogP contribution in [0, 0.1) is 36.0 Å². The first kappa shape index (κ1) is 31.3. The minimum Gasteiger partial charge on any atom is -0.460 e. The molecule has 188 valence electrons. The van der Waals surface area contributed by atoms with Gasteiger partial charge in [0.25, 0.3) is 0 Å². The predicted molar refractivity (Wildman–Crippen MR) is 135 cm³/mol. The van der Waals surface area contributed by atoms with Crippen LogP contribution in [0.4, 0.5) is 0 Å². The average molecular weight is 473 g/mol. The number of thioether (sulfide) groups is 1. The van der Waals surface area contributed by atoms with Crippen LogP contribution < -0.4 is 0 Å². The van der Waals surface area contributed by atoms with Crippen LogP contribution in [-0.2, 0) is 23.7 Å². The van der Waals surface area contributed by atoms with Crippen molar-refractivity contribution in [3.05, 3.63) is 0 Å². The number of ether oxygens (including phenoxy) is 4. The highest BCUT2D eigenvalue weighted by Gasteiger charge is 2.25. The molecule has 1 aliphatic heterocycles. The summed E-state index contributed by atoms with van der Waals surface area (Å²) >= 11 is 2.05. The number of rotatable bonds is 13. The van der Waals surface area contributed by atoms with E-state index in [0.717, 1.165) is 24.9 Å². The molecule has 0 radical (unpaired) electrons. The Kier molecular flexibility index (Phi) is 18.2. The zero-order chi connectivity index (χ0) is 24.4. The summed E-state index contributed by atoms with van der Waals surface area (Å²) in [5, 5.41) is 0. The van der Waals surface area contributed by atoms with Gasteiger partial charge in [0.15, 0.2) is 0 Å². The first-order valence-electron chi connectivity index (χ1n) is 12.1. The van der Waals surface area contributed by atoms with E-state index < -0.39 is 5.60 Å². The van der Waals surface area contributed by atoms with Gasteiger partial charge in [0.2, 0.25) is 0 Å². The maximum Gasteiger partial charge on any atom is 0.308 e. The Labute approximate surface area is 202 Å². The molecule has 1 aliphatic rings. The number of esters is 1. The monoisotopic (exact) mass is 472 g/mol. The molecule has 2 atom stereocenters. The van der Waals surface area contributed by atoms with E-state index >= 15 is 0 Å². The Morgan fingerprint density at radius 2 is 1.56 bits per heavy atom. The molecule has 1 rings (SSSR count). The second kappa shape index (κ2) is 18.7. The summed E-state index contributed by atoms with van der Waals surface area (Å²) in [4.78, 5) is 11.4. The van der Waals surface area contributed by atoms with Gasteiger partial charge < -0.3 is 18.9 Å². The van der Waals surface area contributed by atoms with Crippen LogP contribution in [0.5, 0.6) is 0 Å². The molecule has 0 amide bonds. The van der Waals surface area contributed by atoms with E-state index in [1.54, 1.807) is 0 Å². The van der Waals surface area contributed by atoms with Gasteiger partial charge >= 0.3 is 5.97 Å². The number of carbonyl (C=O) groups excluding carboxylic acids is 1. The van der Waals surface area contributed by atoms with E-state index in [9.17, 15) is 4.79 Å². The fourth-order valence-electron chi connectivity index (χ4n) is 3.03. The van der Waals surface area contributed by atoms with Crippen LogP contribution in [-0.4, -0.2) is 62.7 Å². The summed E-state index contributed by atoms with van der Waals surface area (Å²) in [5.74, 6) is 7.96. The van der Waals surface area contributed by atoms with Crippen molar-refractivity contribution in [3.63, 3.8) is 0 Å². The largest absolute Gasteiger partial charge is 0.460 e. The Bertz CT molecular complexity index is 507. The second-order valence-electron chi connectivity index (χ2n) is 9.90. The first-order valence-corrected chi connectivity index (χ1v) is 13.2. The summed E-state index contributed by atoms with van der Waals surface area (Å²) in [5.41, 5.74) is -0.435. The van der Waals surface area contributed by atoms with Crippen molar-refractivity contribution < 1.29 is 23.7 Å². The van der Waals surface area contributed by atoms with Gasteiger partial charge in [-0.1, -0.05) is 27.7 Å². The van der Waals surface area contributed by atoms with Crippen LogP contribution in [0.3, 0.4) is 0 Å². The molecule has 0 bridgehead atoms. The third-order valence-electron chi connectivity index (χ3n) is 4.92. The highest BCUT2D eigenvalue weighted by molar-refractivity contribution is 7.99. The molecule has 2 unspecified atom stereocenters. The number of hydrogen-bond acceptors (Lipinski definition) is 6. The third kappa shape index (κ3) is 18.8. The standard InChI is InChI=1S/C16H32O5.C10H16S/c1-14(2)6-8-18-10-12-20-13-11-19-9-7-15(17)21-16(3,4)5;1-4-9-5-6-11-7-10(9)8(2)3/h14H,6-13H2,1-5H3;1,8-10H,5-7H2,2-3H3. The summed E-state index contributed by atoms with van der Waals surface area (Å²) in [7, 11) is 0. The summed E-state index contributed by atoms with van der Waals surface area (Å²) in [6.45, 7) is 17.8. The Morgan fingerprint density at radius 3 is 2.03 bits per heavy atom.